The lowest BCUT2D eigenvalue weighted by atomic mass is 9.98. The molecule has 0 aromatic rings. The van der Waals surface area contributed by atoms with Crippen LogP contribution in [0.1, 0.15) is 32.6 Å². The smallest absolute Gasteiger partial charge is 0.152 e. The molecule has 1 saturated carbocycles. The van der Waals surface area contributed by atoms with Crippen LogP contribution in [0, 0.1) is 5.92 Å². The van der Waals surface area contributed by atoms with Crippen molar-refractivity contribution in [3.8, 4) is 0 Å². The maximum Gasteiger partial charge on any atom is 0.152 e. The van der Waals surface area contributed by atoms with Crippen molar-refractivity contribution in [2.24, 2.45) is 5.92 Å². The summed E-state index contributed by atoms with van der Waals surface area (Å²) in [6.45, 7) is 5.31. The van der Waals surface area contributed by atoms with Crippen molar-refractivity contribution < 1.29 is 8.42 Å². The Morgan fingerprint density at radius 2 is 2.11 bits per heavy atom. The SMILES string of the molecule is CC1(N2CCCNC(C3CC3)C2)CCS(=O)(=O)C1. The van der Waals surface area contributed by atoms with Crippen LogP contribution >= 0.6 is 0 Å². The zero-order chi connectivity index (χ0) is 12.8. The molecule has 4 nitrogen and oxygen atoms in total. The van der Waals surface area contributed by atoms with Gasteiger partial charge in [0.2, 0.25) is 0 Å². The zero-order valence-electron chi connectivity index (χ0n) is 11.2. The van der Waals surface area contributed by atoms with Gasteiger partial charge in [0.05, 0.1) is 11.5 Å². The molecule has 5 heteroatoms. The number of hydrogen-bond donors (Lipinski definition) is 1. The van der Waals surface area contributed by atoms with E-state index in [1.807, 2.05) is 0 Å². The highest BCUT2D eigenvalue weighted by Crippen LogP contribution is 2.36. The minimum absolute atomic E-state index is 0.113. The van der Waals surface area contributed by atoms with Crippen molar-refractivity contribution >= 4 is 9.84 Å². The number of sulfone groups is 1. The fraction of sp³-hybridized carbons (Fsp3) is 1.00. The standard InChI is InChI=1S/C13H24N2O2S/c1-13(5-8-18(16,17)10-13)15-7-2-6-14-12(9-15)11-3-4-11/h11-12,14H,2-10H2,1H3. The first-order valence-corrected chi connectivity index (χ1v) is 9.00. The Bertz CT molecular complexity index is 419. The van der Waals surface area contributed by atoms with E-state index in [1.54, 1.807) is 0 Å². The van der Waals surface area contributed by atoms with Gasteiger partial charge in [0.1, 0.15) is 0 Å². The van der Waals surface area contributed by atoms with E-state index in [9.17, 15) is 8.42 Å². The fourth-order valence-corrected chi connectivity index (χ4v) is 5.67. The number of nitrogens with zero attached hydrogens (tertiary/aromatic N) is 1. The molecular formula is C13H24N2O2S. The summed E-state index contributed by atoms with van der Waals surface area (Å²) in [6, 6.07) is 0.590. The summed E-state index contributed by atoms with van der Waals surface area (Å²) in [4.78, 5) is 2.46. The van der Waals surface area contributed by atoms with E-state index in [1.165, 1.54) is 12.8 Å². The second-order valence-corrected chi connectivity index (χ2v) is 8.72. The molecule has 0 bridgehead atoms. The molecule has 1 aliphatic carbocycles. The van der Waals surface area contributed by atoms with E-state index >= 15 is 0 Å². The highest BCUT2D eigenvalue weighted by molar-refractivity contribution is 7.91. The summed E-state index contributed by atoms with van der Waals surface area (Å²) in [5, 5.41) is 3.64. The van der Waals surface area contributed by atoms with Gasteiger partial charge >= 0.3 is 0 Å². The van der Waals surface area contributed by atoms with Crippen LogP contribution in [0.25, 0.3) is 0 Å². The third-order valence-corrected chi connectivity index (χ3v) is 6.75. The van der Waals surface area contributed by atoms with Gasteiger partial charge in [-0.25, -0.2) is 8.42 Å². The van der Waals surface area contributed by atoms with Crippen molar-refractivity contribution in [1.29, 1.82) is 0 Å². The van der Waals surface area contributed by atoms with Crippen LogP contribution in [-0.2, 0) is 9.84 Å². The van der Waals surface area contributed by atoms with E-state index in [-0.39, 0.29) is 5.54 Å². The molecule has 2 heterocycles. The number of hydrogen-bond acceptors (Lipinski definition) is 4. The van der Waals surface area contributed by atoms with Crippen molar-refractivity contribution in [3.05, 3.63) is 0 Å². The van der Waals surface area contributed by atoms with Crippen LogP contribution in [0.2, 0.25) is 0 Å². The fourth-order valence-electron chi connectivity index (χ4n) is 3.50. The Balaban J connectivity index is 1.73. The van der Waals surface area contributed by atoms with Crippen LogP contribution in [-0.4, -0.2) is 56.0 Å². The average molecular weight is 272 g/mol. The first-order chi connectivity index (χ1) is 8.49. The summed E-state index contributed by atoms with van der Waals surface area (Å²) < 4.78 is 23.5. The van der Waals surface area contributed by atoms with Gasteiger partial charge in [-0.3, -0.25) is 4.90 Å². The Morgan fingerprint density at radius 1 is 1.33 bits per heavy atom. The van der Waals surface area contributed by atoms with E-state index < -0.39 is 9.84 Å². The first kappa shape index (κ1) is 12.9. The quantitative estimate of drug-likeness (QED) is 0.801. The molecule has 0 radical (unpaired) electrons. The van der Waals surface area contributed by atoms with Crippen LogP contribution in [0.15, 0.2) is 0 Å². The second-order valence-electron chi connectivity index (χ2n) is 6.54. The van der Waals surface area contributed by atoms with Crippen molar-refractivity contribution in [2.45, 2.75) is 44.2 Å². The zero-order valence-corrected chi connectivity index (χ0v) is 12.0. The molecule has 104 valence electrons. The normalized spacial score (nSPS) is 41.7. The van der Waals surface area contributed by atoms with Crippen molar-refractivity contribution in [1.82, 2.24) is 10.2 Å². The maximum atomic E-state index is 11.8. The van der Waals surface area contributed by atoms with Gasteiger partial charge in [0, 0.05) is 18.1 Å². The molecular weight excluding hydrogens is 248 g/mol. The minimum atomic E-state index is -2.80. The van der Waals surface area contributed by atoms with E-state index in [0.29, 0.717) is 17.5 Å². The average Bonchev–Trinajstić information content (AvgIpc) is 3.09. The van der Waals surface area contributed by atoms with Crippen LogP contribution < -0.4 is 5.32 Å². The molecule has 0 amide bonds. The monoisotopic (exact) mass is 272 g/mol. The molecule has 0 aromatic carbocycles. The summed E-state index contributed by atoms with van der Waals surface area (Å²) in [5.74, 6) is 1.58. The Hall–Kier alpha value is -0.130. The molecule has 3 fully saturated rings. The van der Waals surface area contributed by atoms with Crippen LogP contribution in [0.3, 0.4) is 0 Å². The molecule has 2 saturated heterocycles. The summed E-state index contributed by atoms with van der Waals surface area (Å²) in [5.41, 5.74) is -0.113. The maximum absolute atomic E-state index is 11.8. The van der Waals surface area contributed by atoms with Gasteiger partial charge < -0.3 is 5.32 Å². The van der Waals surface area contributed by atoms with Gasteiger partial charge in [-0.2, -0.15) is 0 Å². The molecule has 0 spiro atoms. The van der Waals surface area contributed by atoms with Gasteiger partial charge in [-0.15, -0.1) is 0 Å². The van der Waals surface area contributed by atoms with Crippen LogP contribution in [0.5, 0.6) is 0 Å². The highest BCUT2D eigenvalue weighted by atomic mass is 32.2. The van der Waals surface area contributed by atoms with Gasteiger partial charge in [0.25, 0.3) is 0 Å². The van der Waals surface area contributed by atoms with Gasteiger partial charge in [0.15, 0.2) is 9.84 Å². The Labute approximate surface area is 110 Å². The van der Waals surface area contributed by atoms with Crippen molar-refractivity contribution in [3.63, 3.8) is 0 Å². The molecule has 18 heavy (non-hydrogen) atoms. The van der Waals surface area contributed by atoms with E-state index in [4.69, 9.17) is 0 Å². The lowest BCUT2D eigenvalue weighted by Crippen LogP contribution is -2.51. The molecule has 2 atom stereocenters. The van der Waals surface area contributed by atoms with E-state index in [0.717, 1.165) is 38.4 Å². The molecule has 2 aliphatic heterocycles. The summed E-state index contributed by atoms with van der Waals surface area (Å²) in [7, 11) is -2.80. The van der Waals surface area contributed by atoms with Gasteiger partial charge in [-0.05, 0) is 51.6 Å². The summed E-state index contributed by atoms with van der Waals surface area (Å²) in [6.07, 6.45) is 4.65. The highest BCUT2D eigenvalue weighted by Gasteiger charge is 2.45. The number of rotatable bonds is 2. The largest absolute Gasteiger partial charge is 0.312 e. The van der Waals surface area contributed by atoms with Crippen molar-refractivity contribution in [2.75, 3.05) is 31.1 Å². The molecule has 3 rings (SSSR count). The third-order valence-electron chi connectivity index (χ3n) is 4.87. The minimum Gasteiger partial charge on any atom is -0.312 e. The second kappa shape index (κ2) is 4.46. The van der Waals surface area contributed by atoms with Crippen LogP contribution in [0.4, 0.5) is 0 Å². The lowest BCUT2D eigenvalue weighted by Gasteiger charge is -2.38. The Kier molecular flexibility index (Phi) is 3.19. The van der Waals surface area contributed by atoms with Gasteiger partial charge in [-0.1, -0.05) is 0 Å². The molecule has 1 N–H and O–H groups in total. The predicted octanol–water partition coefficient (Wildman–Crippen LogP) is 0.638. The molecule has 3 aliphatic rings. The first-order valence-electron chi connectivity index (χ1n) is 7.17. The third kappa shape index (κ3) is 2.58. The topological polar surface area (TPSA) is 49.4 Å². The lowest BCUT2D eigenvalue weighted by molar-refractivity contribution is 0.120. The summed E-state index contributed by atoms with van der Waals surface area (Å²) >= 11 is 0. The molecule has 0 aromatic heterocycles. The molecule has 2 unspecified atom stereocenters. The Morgan fingerprint density at radius 3 is 2.72 bits per heavy atom. The number of nitrogens with one attached hydrogen (secondary N) is 1. The van der Waals surface area contributed by atoms with E-state index in [2.05, 4.69) is 17.1 Å². The predicted molar refractivity (Wildman–Crippen MR) is 72.4 cm³/mol.